The van der Waals surface area contributed by atoms with E-state index in [1.807, 2.05) is 0 Å². The van der Waals surface area contributed by atoms with Crippen LogP contribution in [0.4, 0.5) is 5.82 Å². The summed E-state index contributed by atoms with van der Waals surface area (Å²) in [5, 5.41) is 3.43. The van der Waals surface area contributed by atoms with Gasteiger partial charge in [0.2, 0.25) is 0 Å². The molecule has 0 bridgehead atoms. The van der Waals surface area contributed by atoms with Crippen LogP contribution in [0.5, 0.6) is 0 Å². The summed E-state index contributed by atoms with van der Waals surface area (Å²) in [6, 6.07) is 6.32. The van der Waals surface area contributed by atoms with E-state index in [0.717, 1.165) is 45.9 Å². The fourth-order valence-corrected chi connectivity index (χ4v) is 3.18. The summed E-state index contributed by atoms with van der Waals surface area (Å²) in [6.07, 6.45) is 2.00. The average Bonchev–Trinajstić information content (AvgIpc) is 2.47. The first kappa shape index (κ1) is 16.2. The van der Waals surface area contributed by atoms with Crippen LogP contribution < -0.4 is 5.32 Å². The summed E-state index contributed by atoms with van der Waals surface area (Å²) < 4.78 is 1.14. The fourth-order valence-electron chi connectivity index (χ4n) is 2.37. The van der Waals surface area contributed by atoms with Crippen LogP contribution in [0.3, 0.4) is 0 Å². The molecule has 3 nitrogen and oxygen atoms in total. The highest BCUT2D eigenvalue weighted by atomic mass is 127. The first-order chi connectivity index (χ1) is 10.1. The third-order valence-electron chi connectivity index (χ3n) is 3.50. The molecule has 0 spiro atoms. The number of rotatable bonds is 5. The lowest BCUT2D eigenvalue weighted by Gasteiger charge is -2.14. The van der Waals surface area contributed by atoms with Crippen LogP contribution in [-0.2, 0) is 6.42 Å². The number of nitrogens with one attached hydrogen (secondary N) is 1. The Labute approximate surface area is 140 Å². The minimum absolute atomic E-state index is 0.835. The second-order valence-corrected chi connectivity index (χ2v) is 6.28. The van der Waals surface area contributed by atoms with Crippen LogP contribution in [0.2, 0.25) is 0 Å². The molecule has 0 atom stereocenters. The molecule has 0 aliphatic rings. The maximum atomic E-state index is 4.79. The lowest BCUT2D eigenvalue weighted by molar-refractivity contribution is 0.942. The zero-order chi connectivity index (χ0) is 15.4. The molecule has 2 aromatic rings. The zero-order valence-corrected chi connectivity index (χ0v) is 15.3. The maximum absolute atomic E-state index is 4.79. The van der Waals surface area contributed by atoms with Crippen molar-refractivity contribution in [3.63, 3.8) is 0 Å². The van der Waals surface area contributed by atoms with Crippen LogP contribution >= 0.6 is 22.6 Å². The van der Waals surface area contributed by atoms with Crippen molar-refractivity contribution in [3.8, 4) is 11.4 Å². The summed E-state index contributed by atoms with van der Waals surface area (Å²) in [5.74, 6) is 1.79. The van der Waals surface area contributed by atoms with Gasteiger partial charge in [-0.15, -0.1) is 0 Å². The Bertz CT molecular complexity index is 618. The maximum Gasteiger partial charge on any atom is 0.162 e. The predicted octanol–water partition coefficient (Wildman–Crippen LogP) is 4.75. The molecule has 0 aliphatic carbocycles. The summed E-state index contributed by atoms with van der Waals surface area (Å²) in [6.45, 7) is 9.47. The van der Waals surface area contributed by atoms with Crippen LogP contribution in [-0.4, -0.2) is 16.5 Å². The zero-order valence-electron chi connectivity index (χ0n) is 13.1. The molecular formula is C17H22IN3. The smallest absolute Gasteiger partial charge is 0.162 e. The molecule has 1 heterocycles. The molecule has 0 amide bonds. The van der Waals surface area contributed by atoms with Gasteiger partial charge in [-0.25, -0.2) is 9.97 Å². The summed E-state index contributed by atoms with van der Waals surface area (Å²) in [5.41, 5.74) is 4.71. The van der Waals surface area contributed by atoms with Crippen molar-refractivity contribution >= 4 is 28.4 Å². The Morgan fingerprint density at radius 2 is 1.76 bits per heavy atom. The molecule has 21 heavy (non-hydrogen) atoms. The quantitative estimate of drug-likeness (QED) is 0.743. The number of benzene rings is 1. The molecule has 112 valence electrons. The summed E-state index contributed by atoms with van der Waals surface area (Å²) >= 11 is 2.35. The highest BCUT2D eigenvalue weighted by Crippen LogP contribution is 2.28. The lowest BCUT2D eigenvalue weighted by atomic mass is 10.0. The van der Waals surface area contributed by atoms with Gasteiger partial charge >= 0.3 is 0 Å². The molecule has 0 radical (unpaired) electrons. The van der Waals surface area contributed by atoms with Crippen molar-refractivity contribution in [1.29, 1.82) is 0 Å². The molecule has 0 saturated carbocycles. The molecule has 0 unspecified atom stereocenters. The Balaban J connectivity index is 2.58. The van der Waals surface area contributed by atoms with Crippen molar-refractivity contribution in [2.24, 2.45) is 0 Å². The highest BCUT2D eigenvalue weighted by molar-refractivity contribution is 14.1. The average molecular weight is 395 g/mol. The van der Waals surface area contributed by atoms with Crippen LogP contribution in [0, 0.1) is 17.4 Å². The number of aryl methyl sites for hydroxylation is 3. The first-order valence-corrected chi connectivity index (χ1v) is 8.53. The number of halogens is 1. The molecule has 4 heteroatoms. The van der Waals surface area contributed by atoms with E-state index >= 15 is 0 Å². The van der Waals surface area contributed by atoms with E-state index < -0.39 is 0 Å². The number of nitrogens with zero attached hydrogens (tertiary/aromatic N) is 2. The van der Waals surface area contributed by atoms with Gasteiger partial charge in [0.15, 0.2) is 5.82 Å². The largest absolute Gasteiger partial charge is 0.369 e. The van der Waals surface area contributed by atoms with Gasteiger partial charge in [0.1, 0.15) is 5.82 Å². The third-order valence-corrected chi connectivity index (χ3v) is 4.64. The van der Waals surface area contributed by atoms with Gasteiger partial charge in [0.05, 0.1) is 9.26 Å². The van der Waals surface area contributed by atoms with Crippen LogP contribution in [0.15, 0.2) is 18.2 Å². The Morgan fingerprint density at radius 1 is 1.10 bits per heavy atom. The molecule has 0 aliphatic heterocycles. The molecule has 0 fully saturated rings. The number of hydrogen-bond acceptors (Lipinski definition) is 3. The monoisotopic (exact) mass is 395 g/mol. The van der Waals surface area contributed by atoms with E-state index in [1.54, 1.807) is 0 Å². The third kappa shape index (κ3) is 3.54. The van der Waals surface area contributed by atoms with Crippen molar-refractivity contribution in [1.82, 2.24) is 9.97 Å². The van der Waals surface area contributed by atoms with E-state index in [9.17, 15) is 0 Å². The Hall–Kier alpha value is -1.17. The lowest BCUT2D eigenvalue weighted by Crippen LogP contribution is -2.09. The van der Waals surface area contributed by atoms with E-state index in [-0.39, 0.29) is 0 Å². The minimum Gasteiger partial charge on any atom is -0.369 e. The van der Waals surface area contributed by atoms with Gasteiger partial charge in [-0.2, -0.15) is 0 Å². The van der Waals surface area contributed by atoms with Crippen molar-refractivity contribution < 1.29 is 0 Å². The van der Waals surface area contributed by atoms with Crippen molar-refractivity contribution in [3.05, 3.63) is 38.6 Å². The first-order valence-electron chi connectivity index (χ1n) is 7.45. The normalized spacial score (nSPS) is 10.7. The molecular weight excluding hydrogens is 373 g/mol. The van der Waals surface area contributed by atoms with E-state index in [1.165, 1.54) is 11.1 Å². The second-order valence-electron chi connectivity index (χ2n) is 5.20. The van der Waals surface area contributed by atoms with Gasteiger partial charge in [-0.3, -0.25) is 0 Å². The topological polar surface area (TPSA) is 37.8 Å². The van der Waals surface area contributed by atoms with E-state index in [0.29, 0.717) is 0 Å². The van der Waals surface area contributed by atoms with Gasteiger partial charge in [-0.05, 0) is 60.4 Å². The minimum atomic E-state index is 0.835. The SMILES string of the molecule is CCCNc1nc(-c2c(C)cccc2C)nc(CC)c1I. The van der Waals surface area contributed by atoms with Gasteiger partial charge in [0, 0.05) is 12.1 Å². The van der Waals surface area contributed by atoms with Crippen molar-refractivity contribution in [2.75, 3.05) is 11.9 Å². The summed E-state index contributed by atoms with van der Waals surface area (Å²) in [7, 11) is 0. The van der Waals surface area contributed by atoms with E-state index in [2.05, 4.69) is 73.8 Å². The predicted molar refractivity (Wildman–Crippen MR) is 97.8 cm³/mol. The highest BCUT2D eigenvalue weighted by Gasteiger charge is 2.14. The van der Waals surface area contributed by atoms with E-state index in [4.69, 9.17) is 9.97 Å². The van der Waals surface area contributed by atoms with Crippen molar-refractivity contribution in [2.45, 2.75) is 40.5 Å². The van der Waals surface area contributed by atoms with Gasteiger partial charge in [0.25, 0.3) is 0 Å². The number of aromatic nitrogens is 2. The fraction of sp³-hybridized carbons (Fsp3) is 0.412. The second kappa shape index (κ2) is 7.20. The van der Waals surface area contributed by atoms with Gasteiger partial charge in [-0.1, -0.05) is 32.0 Å². The summed E-state index contributed by atoms with van der Waals surface area (Å²) in [4.78, 5) is 9.57. The molecule has 1 aromatic carbocycles. The standard InChI is InChI=1S/C17H22IN3/c1-5-10-19-17-15(18)13(6-2)20-16(21-17)14-11(3)8-7-9-12(14)4/h7-9H,5-6,10H2,1-4H3,(H,19,20,21). The molecule has 1 aromatic heterocycles. The molecule has 1 N–H and O–H groups in total. The number of hydrogen-bond donors (Lipinski definition) is 1. The van der Waals surface area contributed by atoms with Crippen LogP contribution in [0.1, 0.15) is 37.1 Å². The molecule has 0 saturated heterocycles. The number of anilines is 1. The molecule has 2 rings (SSSR count). The Morgan fingerprint density at radius 3 is 2.33 bits per heavy atom. The van der Waals surface area contributed by atoms with Gasteiger partial charge < -0.3 is 5.32 Å². The van der Waals surface area contributed by atoms with Crippen LogP contribution in [0.25, 0.3) is 11.4 Å². The Kier molecular flexibility index (Phi) is 5.56.